The Kier molecular flexibility index (Phi) is 7.92. The number of rotatable bonds is 8. The molecule has 0 N–H and O–H groups in total. The maximum atomic E-state index is 13.6. The predicted molar refractivity (Wildman–Crippen MR) is 162 cm³/mol. The standard InChI is InChI=1S/C35H29F2N3O3/c36-35(37)13-18-40(19-14-35)34(42)27-6-4-25(5-7-27)28-20-29-21-31(10-9-30(41)8-3-24-2-1-15-39-23-24)43-33(29)32(22-28)26-11-16-38-17-12-26/h1-8,11-12,15-17,20-23H,9-10,13-14,18-19H2/b8-3+. The molecular formula is C35H29F2N3O3. The summed E-state index contributed by atoms with van der Waals surface area (Å²) in [4.78, 5) is 35.1. The van der Waals surface area contributed by atoms with Crippen LogP contribution in [0.4, 0.5) is 8.78 Å². The van der Waals surface area contributed by atoms with Crippen LogP contribution in [-0.2, 0) is 11.2 Å². The molecule has 1 amide bonds. The third-order valence-corrected chi connectivity index (χ3v) is 7.67. The van der Waals surface area contributed by atoms with Gasteiger partial charge in [0.1, 0.15) is 11.3 Å². The quantitative estimate of drug-likeness (QED) is 0.177. The number of nitrogens with zero attached hydrogens (tertiary/aromatic N) is 3. The number of aryl methyl sites for hydroxylation is 1. The number of ketones is 1. The number of hydrogen-bond donors (Lipinski definition) is 0. The Labute approximate surface area is 247 Å². The van der Waals surface area contributed by atoms with Gasteiger partial charge in [0.25, 0.3) is 11.8 Å². The Morgan fingerprint density at radius 3 is 2.37 bits per heavy atom. The zero-order valence-electron chi connectivity index (χ0n) is 23.4. The van der Waals surface area contributed by atoms with Gasteiger partial charge < -0.3 is 9.32 Å². The fraction of sp³-hybridized carbons (Fsp3) is 0.200. The summed E-state index contributed by atoms with van der Waals surface area (Å²) in [5.74, 6) is -2.24. The van der Waals surface area contributed by atoms with Crippen molar-refractivity contribution >= 4 is 28.7 Å². The minimum absolute atomic E-state index is 0.00717. The van der Waals surface area contributed by atoms with Gasteiger partial charge in [-0.3, -0.25) is 19.6 Å². The van der Waals surface area contributed by atoms with Crippen molar-refractivity contribution in [1.29, 1.82) is 0 Å². The SMILES string of the molecule is O=C(/C=C/c1cccnc1)CCc1cc2cc(-c3ccc(C(=O)N4CCC(F)(F)CC4)cc3)cc(-c3ccncc3)c2o1. The number of piperidine rings is 1. The van der Waals surface area contributed by atoms with E-state index in [0.717, 1.165) is 38.8 Å². The number of halogens is 2. The second-order valence-electron chi connectivity index (χ2n) is 10.7. The third kappa shape index (κ3) is 6.59. The molecule has 0 bridgehead atoms. The molecule has 0 atom stereocenters. The molecule has 0 spiro atoms. The van der Waals surface area contributed by atoms with Crippen molar-refractivity contribution in [3.05, 3.63) is 114 Å². The Hall–Kier alpha value is -4.98. The van der Waals surface area contributed by atoms with E-state index in [2.05, 4.69) is 9.97 Å². The van der Waals surface area contributed by atoms with E-state index in [1.54, 1.807) is 49.1 Å². The Bertz CT molecular complexity index is 1770. The number of fused-ring (bicyclic) bond motifs is 1. The van der Waals surface area contributed by atoms with Crippen LogP contribution in [0.1, 0.15) is 40.9 Å². The lowest BCUT2D eigenvalue weighted by molar-refractivity contribution is -0.114. The molecule has 1 aliphatic heterocycles. The molecule has 0 aliphatic carbocycles. The lowest BCUT2D eigenvalue weighted by Gasteiger charge is -2.31. The first-order valence-electron chi connectivity index (χ1n) is 14.2. The number of aromatic nitrogens is 2. The minimum atomic E-state index is -2.70. The summed E-state index contributed by atoms with van der Waals surface area (Å²) in [5.41, 5.74) is 5.71. The average Bonchev–Trinajstić information content (AvgIpc) is 3.46. The molecule has 1 aliphatic rings. The molecule has 5 aromatic rings. The van der Waals surface area contributed by atoms with E-state index in [1.165, 1.54) is 4.90 Å². The molecule has 216 valence electrons. The molecule has 3 aromatic heterocycles. The van der Waals surface area contributed by atoms with Crippen LogP contribution < -0.4 is 0 Å². The van der Waals surface area contributed by atoms with Crippen LogP contribution in [0.25, 0.3) is 39.3 Å². The third-order valence-electron chi connectivity index (χ3n) is 7.67. The van der Waals surface area contributed by atoms with Crippen LogP contribution in [0.2, 0.25) is 0 Å². The zero-order chi connectivity index (χ0) is 29.8. The summed E-state index contributed by atoms with van der Waals surface area (Å²) in [6.07, 6.45) is 10.3. The Balaban J connectivity index is 1.24. The van der Waals surface area contributed by atoms with Crippen molar-refractivity contribution in [3.63, 3.8) is 0 Å². The summed E-state index contributed by atoms with van der Waals surface area (Å²) in [6, 6.07) is 20.8. The van der Waals surface area contributed by atoms with E-state index >= 15 is 0 Å². The number of alkyl halides is 2. The van der Waals surface area contributed by atoms with Gasteiger partial charge in [-0.05, 0) is 82.9 Å². The van der Waals surface area contributed by atoms with Crippen molar-refractivity contribution in [3.8, 4) is 22.3 Å². The first-order chi connectivity index (χ1) is 20.8. The van der Waals surface area contributed by atoms with Crippen molar-refractivity contribution in [2.75, 3.05) is 13.1 Å². The maximum absolute atomic E-state index is 13.6. The van der Waals surface area contributed by atoms with Crippen molar-refractivity contribution in [2.24, 2.45) is 0 Å². The van der Waals surface area contributed by atoms with Crippen molar-refractivity contribution in [2.45, 2.75) is 31.6 Å². The number of allylic oxidation sites excluding steroid dienone is 1. The number of hydrogen-bond acceptors (Lipinski definition) is 5. The zero-order valence-corrected chi connectivity index (χ0v) is 23.4. The first-order valence-corrected chi connectivity index (χ1v) is 14.2. The van der Waals surface area contributed by atoms with E-state index in [4.69, 9.17) is 4.42 Å². The van der Waals surface area contributed by atoms with Gasteiger partial charge in [-0.1, -0.05) is 18.2 Å². The minimum Gasteiger partial charge on any atom is -0.460 e. The summed E-state index contributed by atoms with van der Waals surface area (Å²) in [6.45, 7) is 0.101. The number of carbonyl (C=O) groups is 2. The van der Waals surface area contributed by atoms with E-state index in [-0.39, 0.29) is 37.6 Å². The highest BCUT2D eigenvalue weighted by Gasteiger charge is 2.35. The summed E-state index contributed by atoms with van der Waals surface area (Å²) < 4.78 is 33.4. The second kappa shape index (κ2) is 12.1. The number of pyridine rings is 2. The molecule has 1 saturated heterocycles. The van der Waals surface area contributed by atoms with Crippen molar-refractivity contribution in [1.82, 2.24) is 14.9 Å². The molecule has 4 heterocycles. The maximum Gasteiger partial charge on any atom is 0.253 e. The molecule has 43 heavy (non-hydrogen) atoms. The molecule has 6 rings (SSSR count). The number of furan rings is 1. The summed E-state index contributed by atoms with van der Waals surface area (Å²) >= 11 is 0. The molecule has 8 heteroatoms. The highest BCUT2D eigenvalue weighted by Crippen LogP contribution is 2.36. The lowest BCUT2D eigenvalue weighted by atomic mass is 9.96. The number of amides is 1. The largest absolute Gasteiger partial charge is 0.460 e. The average molecular weight is 578 g/mol. The van der Waals surface area contributed by atoms with Gasteiger partial charge in [0.2, 0.25) is 0 Å². The van der Waals surface area contributed by atoms with Gasteiger partial charge in [-0.15, -0.1) is 0 Å². The predicted octanol–water partition coefficient (Wildman–Crippen LogP) is 7.64. The molecule has 1 fully saturated rings. The fourth-order valence-electron chi connectivity index (χ4n) is 5.26. The van der Waals surface area contributed by atoms with Crippen molar-refractivity contribution < 1.29 is 22.8 Å². The number of carbonyl (C=O) groups excluding carboxylic acids is 2. The first kappa shape index (κ1) is 28.2. The fourth-order valence-corrected chi connectivity index (χ4v) is 5.26. The summed E-state index contributed by atoms with van der Waals surface area (Å²) in [7, 11) is 0. The normalized spacial score (nSPS) is 14.8. The molecular weight excluding hydrogens is 548 g/mol. The van der Waals surface area contributed by atoms with Gasteiger partial charge in [0.15, 0.2) is 5.78 Å². The topological polar surface area (TPSA) is 76.3 Å². The van der Waals surface area contributed by atoms with Gasteiger partial charge in [-0.25, -0.2) is 8.78 Å². The molecule has 2 aromatic carbocycles. The highest BCUT2D eigenvalue weighted by atomic mass is 19.3. The Morgan fingerprint density at radius 1 is 0.884 bits per heavy atom. The molecule has 0 unspecified atom stereocenters. The van der Waals surface area contributed by atoms with E-state index in [9.17, 15) is 18.4 Å². The van der Waals surface area contributed by atoms with Crippen LogP contribution in [0.5, 0.6) is 0 Å². The van der Waals surface area contributed by atoms with Crippen LogP contribution >= 0.6 is 0 Å². The second-order valence-corrected chi connectivity index (χ2v) is 10.7. The number of benzene rings is 2. The molecule has 0 radical (unpaired) electrons. The highest BCUT2D eigenvalue weighted by molar-refractivity contribution is 5.98. The lowest BCUT2D eigenvalue weighted by Crippen LogP contribution is -2.42. The van der Waals surface area contributed by atoms with Gasteiger partial charge in [0, 0.05) is 80.1 Å². The number of likely N-dealkylation sites (tertiary alicyclic amines) is 1. The van der Waals surface area contributed by atoms with E-state index < -0.39 is 5.92 Å². The van der Waals surface area contributed by atoms with Gasteiger partial charge in [0.05, 0.1) is 0 Å². The Morgan fingerprint density at radius 2 is 1.65 bits per heavy atom. The van der Waals surface area contributed by atoms with Crippen LogP contribution in [-0.4, -0.2) is 45.6 Å². The monoisotopic (exact) mass is 577 g/mol. The van der Waals surface area contributed by atoms with E-state index in [1.807, 2.05) is 54.6 Å². The van der Waals surface area contributed by atoms with E-state index in [0.29, 0.717) is 24.2 Å². The smallest absolute Gasteiger partial charge is 0.253 e. The van der Waals surface area contributed by atoms with Crippen LogP contribution in [0.3, 0.4) is 0 Å². The van der Waals surface area contributed by atoms with Crippen LogP contribution in [0, 0.1) is 0 Å². The van der Waals surface area contributed by atoms with Crippen LogP contribution in [0.15, 0.2) is 102 Å². The van der Waals surface area contributed by atoms with Gasteiger partial charge in [-0.2, -0.15) is 0 Å². The molecule has 0 saturated carbocycles. The summed E-state index contributed by atoms with van der Waals surface area (Å²) in [5, 5.41) is 0.895. The van der Waals surface area contributed by atoms with Gasteiger partial charge >= 0.3 is 0 Å². The molecule has 6 nitrogen and oxygen atoms in total.